The highest BCUT2D eigenvalue weighted by Gasteiger charge is 2.38. The zero-order valence-electron chi connectivity index (χ0n) is 31.4. The largest absolute Gasteiger partial charge is 0.394 e. The van der Waals surface area contributed by atoms with E-state index >= 15 is 0 Å². The lowest BCUT2D eigenvalue weighted by Gasteiger charge is -2.16. The molecular weight excluding hydrogens is 688 g/mol. The summed E-state index contributed by atoms with van der Waals surface area (Å²) in [6.07, 6.45) is 13.7. The molecule has 2 fully saturated rings. The Labute approximate surface area is 316 Å². The molecule has 6 heterocycles. The molecule has 2 aliphatic heterocycles. The van der Waals surface area contributed by atoms with Crippen LogP contribution in [0.1, 0.15) is 63.1 Å². The maximum Gasteiger partial charge on any atom is 0.167 e. The first-order valence-electron chi connectivity index (χ1n) is 18.0. The molecule has 0 aromatic carbocycles. The number of hydrogen-bond donors (Lipinski definition) is 3. The van der Waals surface area contributed by atoms with Crippen LogP contribution in [-0.4, -0.2) is 110 Å². The highest BCUT2D eigenvalue weighted by Crippen LogP contribution is 2.37. The van der Waals surface area contributed by atoms with Crippen molar-refractivity contribution in [3.63, 3.8) is 0 Å². The molecule has 6 unspecified atom stereocenters. The van der Waals surface area contributed by atoms with Crippen LogP contribution < -0.4 is 11.5 Å². The zero-order chi connectivity index (χ0) is 38.6. The van der Waals surface area contributed by atoms with E-state index in [0.29, 0.717) is 42.6 Å². The number of anilines is 1. The van der Waals surface area contributed by atoms with E-state index < -0.39 is 6.10 Å². The summed E-state index contributed by atoms with van der Waals surface area (Å²) in [5.74, 6) is 13.2. The maximum atomic E-state index is 9.69. The van der Waals surface area contributed by atoms with Crippen LogP contribution in [-0.2, 0) is 18.9 Å². The molecule has 15 heteroatoms. The molecule has 0 radical (unpaired) electrons. The topological polar surface area (TPSA) is 186 Å². The summed E-state index contributed by atoms with van der Waals surface area (Å²) in [5.41, 5.74) is 14.5. The van der Waals surface area contributed by atoms with Crippen LogP contribution in [0.5, 0.6) is 0 Å². The Morgan fingerprint density at radius 1 is 0.907 bits per heavy atom. The van der Waals surface area contributed by atoms with Crippen LogP contribution in [0.15, 0.2) is 55.4 Å². The monoisotopic (exact) mass is 738 g/mol. The number of aliphatic hydroxyl groups is 1. The summed E-state index contributed by atoms with van der Waals surface area (Å²) in [4.78, 5) is 23.6. The van der Waals surface area contributed by atoms with Crippen molar-refractivity contribution in [2.24, 2.45) is 10.7 Å². The van der Waals surface area contributed by atoms with Crippen LogP contribution in [0.3, 0.4) is 0 Å². The second-order valence-corrected chi connectivity index (χ2v) is 12.8. The zero-order valence-corrected chi connectivity index (χ0v) is 31.4. The number of nitrogen functional groups attached to an aromatic ring is 1. The summed E-state index contributed by atoms with van der Waals surface area (Å²) in [7, 11) is 3.80. The highest BCUT2D eigenvalue weighted by molar-refractivity contribution is 5.93. The minimum atomic E-state index is -0.407. The first-order valence-corrected chi connectivity index (χ1v) is 18.0. The van der Waals surface area contributed by atoms with Crippen LogP contribution in [0.25, 0.3) is 22.1 Å². The highest BCUT2D eigenvalue weighted by atomic mass is 16.6. The van der Waals surface area contributed by atoms with Crippen LogP contribution in [0.2, 0.25) is 0 Å². The molecule has 0 aliphatic carbocycles. The van der Waals surface area contributed by atoms with E-state index in [9.17, 15) is 5.11 Å². The predicted octanol–water partition coefficient (Wildman–Crippen LogP) is 3.86. The summed E-state index contributed by atoms with van der Waals surface area (Å²) in [6, 6.07) is 0. The van der Waals surface area contributed by atoms with Gasteiger partial charge in [-0.2, -0.15) is 0 Å². The van der Waals surface area contributed by atoms with Gasteiger partial charge in [0.25, 0.3) is 0 Å². The molecule has 0 saturated carbocycles. The Morgan fingerprint density at radius 2 is 1.48 bits per heavy atom. The lowest BCUT2D eigenvalue weighted by Crippen LogP contribution is -2.27. The van der Waals surface area contributed by atoms with Gasteiger partial charge in [-0.1, -0.05) is 49.7 Å². The van der Waals surface area contributed by atoms with Crippen molar-refractivity contribution in [3.05, 3.63) is 61.5 Å². The lowest BCUT2D eigenvalue weighted by atomic mass is 10.1. The molecule has 54 heavy (non-hydrogen) atoms. The van der Waals surface area contributed by atoms with Gasteiger partial charge in [0.05, 0.1) is 72.9 Å². The second-order valence-electron chi connectivity index (χ2n) is 12.8. The normalized spacial score (nSPS) is 22.0. The average Bonchev–Trinajstić information content (AvgIpc) is 3.97. The van der Waals surface area contributed by atoms with Crippen LogP contribution in [0.4, 0.5) is 11.6 Å². The molecule has 286 valence electrons. The summed E-state index contributed by atoms with van der Waals surface area (Å²) >= 11 is 0. The molecule has 2 aliphatic rings. The molecule has 5 N–H and O–H groups in total. The number of fused-ring (bicyclic) bond motifs is 2. The minimum absolute atomic E-state index is 0.0169. The maximum absolute atomic E-state index is 9.69. The fourth-order valence-corrected chi connectivity index (χ4v) is 6.41. The Hall–Kier alpha value is -5.13. The third-order valence-corrected chi connectivity index (χ3v) is 8.78. The number of ether oxygens (including phenoxy) is 4. The minimum Gasteiger partial charge on any atom is -0.394 e. The molecule has 0 bridgehead atoms. The van der Waals surface area contributed by atoms with E-state index in [0.717, 1.165) is 41.2 Å². The number of hydrogen-bond acceptors (Lipinski definition) is 12. The van der Waals surface area contributed by atoms with Gasteiger partial charge in [-0.05, 0) is 6.42 Å². The number of aliphatic imine (C=N–C) groups is 1. The van der Waals surface area contributed by atoms with Crippen molar-refractivity contribution < 1.29 is 24.1 Å². The van der Waals surface area contributed by atoms with E-state index in [1.165, 1.54) is 12.7 Å². The fraction of sp³-hybridized carbons (Fsp3) is 0.462. The van der Waals surface area contributed by atoms with Crippen molar-refractivity contribution in [2.75, 3.05) is 46.2 Å². The average molecular weight is 739 g/mol. The third-order valence-electron chi connectivity index (χ3n) is 8.78. The van der Waals surface area contributed by atoms with Gasteiger partial charge in [-0.3, -0.25) is 0 Å². The van der Waals surface area contributed by atoms with Gasteiger partial charge in [0.1, 0.15) is 48.3 Å². The Bertz CT molecular complexity index is 2050. The molecule has 4 aromatic rings. The number of aliphatic hydroxyl groups excluding tert-OH is 1. The summed E-state index contributed by atoms with van der Waals surface area (Å²) in [5, 5.41) is 11.2. The Morgan fingerprint density at radius 3 is 2.06 bits per heavy atom. The standard InChI is InChI=1S/C21H27N5O3.C18H23N5O2/c1-5-7-8-15-11-26(18-10-16(28-9-6-2)17(12-27)29-18)21-19(15)20(22-13-23-21)24-14-25(3)4;1-3-8-24-14-9-15(25-13(14)4-2)23-10-12(6-5-7-19)16-17(20)21-11-22-18(16)23/h6,11,13-14,16-18,27H,2,5,9-10,12H2,1,3-4H3;3,10-11,13-15H,1,4,7-9,19H2,2H3,(H2,20,21,22). The molecule has 2 saturated heterocycles. The van der Waals surface area contributed by atoms with Gasteiger partial charge in [0.2, 0.25) is 0 Å². The van der Waals surface area contributed by atoms with Gasteiger partial charge in [-0.25, -0.2) is 24.9 Å². The first-order chi connectivity index (χ1) is 26.3. The van der Waals surface area contributed by atoms with Gasteiger partial charge >= 0.3 is 0 Å². The Kier molecular flexibility index (Phi) is 14.3. The van der Waals surface area contributed by atoms with E-state index in [4.69, 9.17) is 30.4 Å². The summed E-state index contributed by atoms with van der Waals surface area (Å²) < 4.78 is 27.8. The first kappa shape index (κ1) is 40.1. The quantitative estimate of drug-likeness (QED) is 0.0827. The molecule has 0 amide bonds. The molecule has 6 rings (SSSR count). The Balaban J connectivity index is 0.000000210. The molecule has 4 aromatic heterocycles. The van der Waals surface area contributed by atoms with Crippen LogP contribution >= 0.6 is 0 Å². The van der Waals surface area contributed by atoms with Crippen molar-refractivity contribution in [2.45, 2.75) is 76.4 Å². The van der Waals surface area contributed by atoms with Gasteiger partial charge in [0, 0.05) is 45.8 Å². The molecule has 0 spiro atoms. The molecule has 15 nitrogen and oxygen atoms in total. The van der Waals surface area contributed by atoms with E-state index in [1.807, 2.05) is 47.4 Å². The summed E-state index contributed by atoms with van der Waals surface area (Å²) in [6.45, 7) is 12.5. The third kappa shape index (κ3) is 9.14. The number of nitrogens with two attached hydrogens (primary N) is 2. The van der Waals surface area contributed by atoms with Gasteiger partial charge < -0.3 is 49.6 Å². The van der Waals surface area contributed by atoms with Gasteiger partial charge in [0.15, 0.2) is 5.82 Å². The predicted molar refractivity (Wildman–Crippen MR) is 209 cm³/mol. The smallest absolute Gasteiger partial charge is 0.167 e. The van der Waals surface area contributed by atoms with E-state index in [2.05, 4.69) is 68.7 Å². The number of rotatable bonds is 12. The van der Waals surface area contributed by atoms with Gasteiger partial charge in [-0.15, -0.1) is 13.2 Å². The number of aromatic nitrogens is 6. The fourth-order valence-electron chi connectivity index (χ4n) is 6.41. The lowest BCUT2D eigenvalue weighted by molar-refractivity contribution is -0.0560. The van der Waals surface area contributed by atoms with E-state index in [-0.39, 0.29) is 43.9 Å². The van der Waals surface area contributed by atoms with E-state index in [1.54, 1.807) is 18.5 Å². The number of nitrogens with zero attached hydrogens (tertiary/aromatic N) is 8. The van der Waals surface area contributed by atoms with Crippen molar-refractivity contribution in [3.8, 4) is 23.7 Å². The van der Waals surface area contributed by atoms with Crippen molar-refractivity contribution in [1.29, 1.82) is 0 Å². The van der Waals surface area contributed by atoms with Crippen molar-refractivity contribution in [1.82, 2.24) is 34.0 Å². The van der Waals surface area contributed by atoms with Crippen molar-refractivity contribution >= 4 is 40.0 Å². The SMILES string of the molecule is C=CCOC1CC(n2cc(C#CCC)c3c(N=CN(C)C)ncnc32)OC1CO.C=CCOC1CC(n2cc(C#CCN)c3c(N)ncnc32)OC1CC. The van der Waals surface area contributed by atoms with Crippen LogP contribution in [0, 0.1) is 23.7 Å². The molecule has 6 atom stereocenters. The second kappa shape index (κ2) is 19.3. The molecular formula is C39H50N10O5.